The summed E-state index contributed by atoms with van der Waals surface area (Å²) in [5, 5.41) is 10.4. The van der Waals surface area contributed by atoms with Crippen molar-refractivity contribution in [2.75, 3.05) is 0 Å². The van der Waals surface area contributed by atoms with Crippen molar-refractivity contribution >= 4 is 22.6 Å². The summed E-state index contributed by atoms with van der Waals surface area (Å²) in [7, 11) is 0. The van der Waals surface area contributed by atoms with E-state index in [1.165, 1.54) is 6.07 Å². The average molecular weight is 370 g/mol. The highest BCUT2D eigenvalue weighted by molar-refractivity contribution is 14.1. The third kappa shape index (κ3) is 4.28. The molecule has 0 spiro atoms. The van der Waals surface area contributed by atoms with Crippen LogP contribution in [0.2, 0.25) is 0 Å². The molecule has 0 heterocycles. The van der Waals surface area contributed by atoms with Crippen molar-refractivity contribution in [3.63, 3.8) is 0 Å². The lowest BCUT2D eigenvalue weighted by molar-refractivity contribution is 0.0599. The number of hydrogen-bond acceptors (Lipinski definition) is 1. The van der Waals surface area contributed by atoms with Gasteiger partial charge < -0.3 is 5.11 Å². The Balaban J connectivity index is 2.10. The van der Waals surface area contributed by atoms with Gasteiger partial charge in [0.25, 0.3) is 0 Å². The lowest BCUT2D eigenvalue weighted by Crippen LogP contribution is -2.30. The molecule has 2 aromatic rings. The molecule has 0 aliphatic rings. The van der Waals surface area contributed by atoms with Gasteiger partial charge in [-0.1, -0.05) is 30.3 Å². The van der Waals surface area contributed by atoms with E-state index in [0.29, 0.717) is 18.4 Å². The van der Waals surface area contributed by atoms with E-state index in [4.69, 9.17) is 0 Å². The van der Waals surface area contributed by atoms with Crippen molar-refractivity contribution in [2.24, 2.45) is 0 Å². The molecule has 0 aromatic heterocycles. The Morgan fingerprint density at radius 1 is 1.05 bits per heavy atom. The molecule has 1 nitrogen and oxygen atoms in total. The lowest BCUT2D eigenvalue weighted by atomic mass is 9.90. The quantitative estimate of drug-likeness (QED) is 0.808. The van der Waals surface area contributed by atoms with Gasteiger partial charge in [-0.2, -0.15) is 0 Å². The molecule has 0 bridgehead atoms. The summed E-state index contributed by atoms with van der Waals surface area (Å²) in [5.41, 5.74) is 0.661. The minimum absolute atomic E-state index is 0.259. The van der Waals surface area contributed by atoms with Crippen molar-refractivity contribution in [1.82, 2.24) is 0 Å². The summed E-state index contributed by atoms with van der Waals surface area (Å²) in [4.78, 5) is 0. The van der Waals surface area contributed by atoms with E-state index in [9.17, 15) is 9.50 Å². The van der Waals surface area contributed by atoms with Gasteiger partial charge in [-0.3, -0.25) is 0 Å². The largest absolute Gasteiger partial charge is 0.389 e. The molecule has 1 unspecified atom stereocenters. The van der Waals surface area contributed by atoms with E-state index in [2.05, 4.69) is 22.6 Å². The summed E-state index contributed by atoms with van der Waals surface area (Å²) in [6.07, 6.45) is 0.823. The van der Waals surface area contributed by atoms with Crippen molar-refractivity contribution in [1.29, 1.82) is 0 Å². The van der Waals surface area contributed by atoms with Gasteiger partial charge in [0.1, 0.15) is 5.82 Å². The zero-order valence-corrected chi connectivity index (χ0v) is 12.9. The van der Waals surface area contributed by atoms with Crippen LogP contribution in [0.5, 0.6) is 0 Å². The minimum atomic E-state index is -0.949. The Morgan fingerprint density at radius 2 is 1.68 bits per heavy atom. The average Bonchev–Trinajstić information content (AvgIpc) is 2.35. The first kappa shape index (κ1) is 14.5. The highest BCUT2D eigenvalue weighted by Crippen LogP contribution is 2.21. The van der Waals surface area contributed by atoms with Crippen LogP contribution in [0.15, 0.2) is 48.5 Å². The van der Waals surface area contributed by atoms with Gasteiger partial charge in [0.05, 0.1) is 5.60 Å². The summed E-state index contributed by atoms with van der Waals surface area (Å²) in [6, 6.07) is 14.6. The molecule has 0 amide bonds. The molecule has 0 aliphatic heterocycles. The third-order valence-electron chi connectivity index (χ3n) is 3.03. The lowest BCUT2D eigenvalue weighted by Gasteiger charge is -2.24. The number of rotatable bonds is 4. The normalized spacial score (nSPS) is 14.1. The predicted molar refractivity (Wildman–Crippen MR) is 83.6 cm³/mol. The molecule has 0 radical (unpaired) electrons. The molecule has 19 heavy (non-hydrogen) atoms. The minimum Gasteiger partial charge on any atom is -0.389 e. The maximum Gasteiger partial charge on any atom is 0.126 e. The van der Waals surface area contributed by atoms with Crippen LogP contribution in [-0.2, 0) is 12.8 Å². The second kappa shape index (κ2) is 6.01. The zero-order valence-electron chi connectivity index (χ0n) is 10.7. The van der Waals surface area contributed by atoms with Gasteiger partial charge in [0.2, 0.25) is 0 Å². The highest BCUT2D eigenvalue weighted by Gasteiger charge is 2.22. The summed E-state index contributed by atoms with van der Waals surface area (Å²) >= 11 is 2.24. The SMILES string of the molecule is CC(O)(Cc1ccc(I)cc1)Cc1ccccc1F. The van der Waals surface area contributed by atoms with Gasteiger partial charge in [-0.25, -0.2) is 4.39 Å². The molecule has 2 aromatic carbocycles. The second-order valence-electron chi connectivity index (χ2n) is 5.07. The smallest absolute Gasteiger partial charge is 0.126 e. The molecule has 2 rings (SSSR count). The molecule has 0 aliphatic carbocycles. The monoisotopic (exact) mass is 370 g/mol. The topological polar surface area (TPSA) is 20.2 Å². The Labute approximate surface area is 126 Å². The van der Waals surface area contributed by atoms with E-state index in [1.54, 1.807) is 25.1 Å². The molecule has 0 saturated heterocycles. The van der Waals surface area contributed by atoms with Crippen LogP contribution in [0, 0.1) is 9.39 Å². The second-order valence-corrected chi connectivity index (χ2v) is 6.31. The molecule has 0 fully saturated rings. The molecule has 1 atom stereocenters. The molecular weight excluding hydrogens is 354 g/mol. The van der Waals surface area contributed by atoms with Crippen LogP contribution < -0.4 is 0 Å². The summed E-state index contributed by atoms with van der Waals surface area (Å²) in [5.74, 6) is -0.259. The first-order valence-electron chi connectivity index (χ1n) is 6.16. The number of benzene rings is 2. The van der Waals surface area contributed by atoms with E-state index in [1.807, 2.05) is 24.3 Å². The fraction of sp³-hybridized carbons (Fsp3) is 0.250. The summed E-state index contributed by atoms with van der Waals surface area (Å²) in [6.45, 7) is 1.75. The van der Waals surface area contributed by atoms with Gasteiger partial charge in [0.15, 0.2) is 0 Å². The van der Waals surface area contributed by atoms with Crippen molar-refractivity contribution in [3.8, 4) is 0 Å². The van der Waals surface area contributed by atoms with Crippen LogP contribution in [0.1, 0.15) is 18.1 Å². The van der Waals surface area contributed by atoms with Crippen LogP contribution >= 0.6 is 22.6 Å². The van der Waals surface area contributed by atoms with Gasteiger partial charge in [-0.15, -0.1) is 0 Å². The maximum absolute atomic E-state index is 13.6. The van der Waals surface area contributed by atoms with Gasteiger partial charge in [0, 0.05) is 16.4 Å². The molecule has 100 valence electrons. The van der Waals surface area contributed by atoms with E-state index < -0.39 is 5.60 Å². The molecule has 3 heteroatoms. The molecule has 0 saturated carbocycles. The standard InChI is InChI=1S/C16H16FIO/c1-16(19,10-12-6-8-14(18)9-7-12)11-13-4-2-3-5-15(13)17/h2-9,19H,10-11H2,1H3. The van der Waals surface area contributed by atoms with Crippen molar-refractivity contribution < 1.29 is 9.50 Å². The molecule has 1 N–H and O–H groups in total. The highest BCUT2D eigenvalue weighted by atomic mass is 127. The van der Waals surface area contributed by atoms with E-state index in [0.717, 1.165) is 9.13 Å². The van der Waals surface area contributed by atoms with Gasteiger partial charge in [-0.05, 0) is 58.8 Å². The maximum atomic E-state index is 13.6. The van der Waals surface area contributed by atoms with Crippen molar-refractivity contribution in [3.05, 3.63) is 69.0 Å². The van der Waals surface area contributed by atoms with Crippen molar-refractivity contribution in [2.45, 2.75) is 25.4 Å². The van der Waals surface area contributed by atoms with Crippen LogP contribution in [0.25, 0.3) is 0 Å². The van der Waals surface area contributed by atoms with Gasteiger partial charge >= 0.3 is 0 Å². The zero-order chi connectivity index (χ0) is 13.9. The number of aliphatic hydroxyl groups is 1. The van der Waals surface area contributed by atoms with Crippen LogP contribution in [-0.4, -0.2) is 10.7 Å². The van der Waals surface area contributed by atoms with Crippen LogP contribution in [0.4, 0.5) is 4.39 Å². The van der Waals surface area contributed by atoms with Crippen LogP contribution in [0.3, 0.4) is 0 Å². The number of hydrogen-bond donors (Lipinski definition) is 1. The Bertz CT molecular complexity index is 549. The fourth-order valence-electron chi connectivity index (χ4n) is 2.16. The third-order valence-corrected chi connectivity index (χ3v) is 3.75. The number of halogens is 2. The van der Waals surface area contributed by atoms with E-state index >= 15 is 0 Å². The predicted octanol–water partition coefficient (Wildman–Crippen LogP) is 3.97. The van der Waals surface area contributed by atoms with E-state index in [-0.39, 0.29) is 5.82 Å². The Hall–Kier alpha value is -0.940. The fourth-order valence-corrected chi connectivity index (χ4v) is 2.52. The molecular formula is C16H16FIO. The Kier molecular flexibility index (Phi) is 4.58. The first-order valence-corrected chi connectivity index (χ1v) is 7.24. The first-order chi connectivity index (χ1) is 8.96. The summed E-state index contributed by atoms with van der Waals surface area (Å²) < 4.78 is 14.8. The Morgan fingerprint density at radius 3 is 2.32 bits per heavy atom.